The molecule has 148 valence electrons. The number of methoxy groups -OCH3 is 1. The minimum Gasteiger partial charge on any atom is -0.496 e. The lowest BCUT2D eigenvalue weighted by Crippen LogP contribution is -1.99. The Balaban J connectivity index is 1.76. The van der Waals surface area contributed by atoms with Crippen molar-refractivity contribution in [3.05, 3.63) is 75.0 Å². The molecule has 0 aliphatic carbocycles. The molecule has 0 aliphatic rings. The molecule has 0 atom stereocenters. The minimum atomic E-state index is -1.14. The number of anilines is 1. The van der Waals surface area contributed by atoms with Crippen LogP contribution in [0.1, 0.15) is 16.1 Å². The first-order chi connectivity index (χ1) is 13.9. The zero-order chi connectivity index (χ0) is 21.0. The molecule has 0 unspecified atom stereocenters. The lowest BCUT2D eigenvalue weighted by atomic mass is 10.1. The van der Waals surface area contributed by atoms with Crippen LogP contribution in [0.2, 0.25) is 5.02 Å². The second-order valence-electron chi connectivity index (χ2n) is 5.71. The fraction of sp³-hybridized carbons (Fsp3) is 0.0526. The largest absolute Gasteiger partial charge is 0.496 e. The van der Waals surface area contributed by atoms with Crippen molar-refractivity contribution in [2.75, 3.05) is 12.5 Å². The van der Waals surface area contributed by atoms with Crippen LogP contribution in [-0.4, -0.2) is 29.3 Å². The van der Waals surface area contributed by atoms with E-state index in [1.807, 2.05) is 0 Å². The van der Waals surface area contributed by atoms with Crippen molar-refractivity contribution in [2.45, 2.75) is 0 Å². The van der Waals surface area contributed by atoms with E-state index in [0.717, 1.165) is 0 Å². The van der Waals surface area contributed by atoms with Crippen molar-refractivity contribution in [1.29, 1.82) is 0 Å². The highest BCUT2D eigenvalue weighted by Gasteiger charge is 2.15. The van der Waals surface area contributed by atoms with Gasteiger partial charge in [0.25, 0.3) is 5.69 Å². The number of benzene rings is 2. The first-order valence-electron chi connectivity index (χ1n) is 8.13. The number of carbonyl (C=O) groups is 1. The van der Waals surface area contributed by atoms with Gasteiger partial charge < -0.3 is 14.3 Å². The van der Waals surface area contributed by atoms with E-state index in [-0.39, 0.29) is 16.3 Å². The van der Waals surface area contributed by atoms with E-state index in [9.17, 15) is 14.9 Å². The molecule has 0 fully saturated rings. The average Bonchev–Trinajstić information content (AvgIpc) is 3.17. The van der Waals surface area contributed by atoms with E-state index in [1.165, 1.54) is 43.7 Å². The molecular weight excluding hydrogens is 402 g/mol. The Bertz CT molecular complexity index is 1110. The SMILES string of the molecule is COc1cc([N+](=O)[O-])ccc1-c1ccc(/C=N\Nc2ccc(Cl)c(C(=O)O)c2)o1. The molecule has 1 aromatic heterocycles. The molecule has 0 bridgehead atoms. The molecule has 0 amide bonds. The van der Waals surface area contributed by atoms with Crippen LogP contribution in [0.25, 0.3) is 11.3 Å². The third-order valence-electron chi connectivity index (χ3n) is 3.87. The van der Waals surface area contributed by atoms with Crippen LogP contribution < -0.4 is 10.2 Å². The Kier molecular flexibility index (Phi) is 5.79. The van der Waals surface area contributed by atoms with E-state index in [1.54, 1.807) is 18.2 Å². The number of nitro benzene ring substituents is 1. The van der Waals surface area contributed by atoms with E-state index >= 15 is 0 Å². The van der Waals surface area contributed by atoms with E-state index in [2.05, 4.69) is 10.5 Å². The van der Waals surface area contributed by atoms with Gasteiger partial charge in [0, 0.05) is 6.07 Å². The maximum absolute atomic E-state index is 11.1. The topological polar surface area (TPSA) is 127 Å². The van der Waals surface area contributed by atoms with Crippen LogP contribution in [0, 0.1) is 10.1 Å². The first-order valence-corrected chi connectivity index (χ1v) is 8.51. The maximum atomic E-state index is 11.1. The number of hydrazone groups is 1. The Labute approximate surface area is 169 Å². The number of carboxylic acid groups (broad SMARTS) is 1. The lowest BCUT2D eigenvalue weighted by molar-refractivity contribution is -0.384. The summed E-state index contributed by atoms with van der Waals surface area (Å²) < 4.78 is 10.9. The normalized spacial score (nSPS) is 10.8. The van der Waals surface area contributed by atoms with Gasteiger partial charge in [-0.1, -0.05) is 11.6 Å². The zero-order valence-electron chi connectivity index (χ0n) is 15.0. The van der Waals surface area contributed by atoms with Gasteiger partial charge in [-0.15, -0.1) is 0 Å². The third-order valence-corrected chi connectivity index (χ3v) is 4.20. The Morgan fingerprint density at radius 2 is 2.07 bits per heavy atom. The predicted octanol–water partition coefficient (Wildman–Crippen LogP) is 4.66. The maximum Gasteiger partial charge on any atom is 0.337 e. The highest BCUT2D eigenvalue weighted by atomic mass is 35.5. The summed E-state index contributed by atoms with van der Waals surface area (Å²) >= 11 is 5.82. The van der Waals surface area contributed by atoms with Crippen LogP contribution >= 0.6 is 11.6 Å². The number of nitrogens with one attached hydrogen (secondary N) is 1. The molecule has 2 N–H and O–H groups in total. The van der Waals surface area contributed by atoms with Crippen LogP contribution in [0.5, 0.6) is 5.75 Å². The van der Waals surface area contributed by atoms with Gasteiger partial charge in [-0.05, 0) is 36.4 Å². The number of aromatic carboxylic acids is 1. The van der Waals surface area contributed by atoms with Crippen molar-refractivity contribution in [3.63, 3.8) is 0 Å². The summed E-state index contributed by atoms with van der Waals surface area (Å²) in [6, 6.07) is 11.9. The lowest BCUT2D eigenvalue weighted by Gasteiger charge is -2.05. The summed E-state index contributed by atoms with van der Waals surface area (Å²) in [5.41, 5.74) is 3.55. The quantitative estimate of drug-likeness (QED) is 0.326. The molecule has 10 heteroatoms. The minimum absolute atomic E-state index is 0.0441. The molecule has 0 radical (unpaired) electrons. The number of non-ortho nitro benzene ring substituents is 1. The third kappa shape index (κ3) is 4.53. The number of nitro groups is 1. The van der Waals surface area contributed by atoms with Crippen molar-refractivity contribution in [1.82, 2.24) is 0 Å². The van der Waals surface area contributed by atoms with Gasteiger partial charge in [-0.2, -0.15) is 5.10 Å². The summed E-state index contributed by atoms with van der Waals surface area (Å²) in [5.74, 6) is 0.00561. The molecule has 3 aromatic rings. The number of hydrogen-bond acceptors (Lipinski definition) is 7. The summed E-state index contributed by atoms with van der Waals surface area (Å²) in [6.45, 7) is 0. The molecule has 3 rings (SSSR count). The van der Waals surface area contributed by atoms with Gasteiger partial charge >= 0.3 is 5.97 Å². The van der Waals surface area contributed by atoms with Crippen LogP contribution in [0.15, 0.2) is 58.0 Å². The van der Waals surface area contributed by atoms with Gasteiger partial charge in [0.15, 0.2) is 0 Å². The molecule has 0 saturated heterocycles. The number of carboxylic acids is 1. The molecule has 2 aromatic carbocycles. The molecule has 29 heavy (non-hydrogen) atoms. The molecule has 1 heterocycles. The number of ether oxygens (including phenoxy) is 1. The number of hydrogen-bond donors (Lipinski definition) is 2. The zero-order valence-corrected chi connectivity index (χ0v) is 15.7. The summed E-state index contributed by atoms with van der Waals surface area (Å²) in [6.07, 6.45) is 1.40. The van der Waals surface area contributed by atoms with Gasteiger partial charge in [0.05, 0.1) is 46.2 Å². The van der Waals surface area contributed by atoms with Crippen LogP contribution in [0.3, 0.4) is 0 Å². The van der Waals surface area contributed by atoms with Gasteiger partial charge in [0.1, 0.15) is 17.3 Å². The number of nitrogens with zero attached hydrogens (tertiary/aromatic N) is 2. The van der Waals surface area contributed by atoms with Crippen molar-refractivity contribution < 1.29 is 24.0 Å². The van der Waals surface area contributed by atoms with E-state index in [0.29, 0.717) is 28.5 Å². The van der Waals surface area contributed by atoms with Gasteiger partial charge in [-0.25, -0.2) is 4.79 Å². The standard InChI is InChI=1S/C19H14ClN3O6/c1-28-18-9-12(23(26)27)3-5-14(18)17-7-4-13(29-17)10-21-22-11-2-6-16(20)15(8-11)19(24)25/h2-10,22H,1H3,(H,24,25)/b21-10-. The van der Waals surface area contributed by atoms with E-state index in [4.69, 9.17) is 25.9 Å². The summed E-state index contributed by atoms with van der Waals surface area (Å²) in [7, 11) is 1.41. The Morgan fingerprint density at radius 1 is 1.28 bits per heavy atom. The fourth-order valence-corrected chi connectivity index (χ4v) is 2.69. The summed E-state index contributed by atoms with van der Waals surface area (Å²) in [5, 5.41) is 24.1. The highest BCUT2D eigenvalue weighted by molar-refractivity contribution is 6.33. The van der Waals surface area contributed by atoms with Crippen LogP contribution in [-0.2, 0) is 0 Å². The van der Waals surface area contributed by atoms with Crippen molar-refractivity contribution in [2.24, 2.45) is 5.10 Å². The van der Waals surface area contributed by atoms with E-state index < -0.39 is 10.9 Å². The second-order valence-corrected chi connectivity index (χ2v) is 6.12. The number of furan rings is 1. The highest BCUT2D eigenvalue weighted by Crippen LogP contribution is 2.34. The van der Waals surface area contributed by atoms with Gasteiger partial charge in [0.2, 0.25) is 0 Å². The first kappa shape index (κ1) is 19.9. The molecule has 0 aliphatic heterocycles. The van der Waals surface area contributed by atoms with Crippen LogP contribution in [0.4, 0.5) is 11.4 Å². The number of halogens is 1. The molecule has 0 spiro atoms. The Morgan fingerprint density at radius 3 is 2.76 bits per heavy atom. The average molecular weight is 416 g/mol. The Hall–Kier alpha value is -3.85. The van der Waals surface area contributed by atoms with Crippen molar-refractivity contribution in [3.8, 4) is 17.1 Å². The molecule has 0 saturated carbocycles. The van der Waals surface area contributed by atoms with Crippen molar-refractivity contribution >= 4 is 35.2 Å². The smallest absolute Gasteiger partial charge is 0.337 e. The fourth-order valence-electron chi connectivity index (χ4n) is 2.49. The second kappa shape index (κ2) is 8.44. The molecular formula is C19H14ClN3O6. The molecule has 9 nitrogen and oxygen atoms in total. The summed E-state index contributed by atoms with van der Waals surface area (Å²) in [4.78, 5) is 21.5. The monoisotopic (exact) mass is 415 g/mol. The van der Waals surface area contributed by atoms with Gasteiger partial charge in [-0.3, -0.25) is 15.5 Å². The predicted molar refractivity (Wildman–Crippen MR) is 107 cm³/mol. The number of rotatable bonds is 7.